The molecule has 0 atom stereocenters. The average molecular weight is 309 g/mol. The van der Waals surface area contributed by atoms with Gasteiger partial charge < -0.3 is 5.32 Å². The van der Waals surface area contributed by atoms with Crippen molar-refractivity contribution in [2.24, 2.45) is 5.41 Å². The van der Waals surface area contributed by atoms with E-state index in [4.69, 9.17) is 0 Å². The molecule has 0 spiro atoms. The topological polar surface area (TPSA) is 89.0 Å². The first-order valence-corrected chi connectivity index (χ1v) is 7.15. The molecular weight excluding hydrogens is 294 g/mol. The zero-order chi connectivity index (χ0) is 16.8. The van der Waals surface area contributed by atoms with Crippen LogP contribution in [0.15, 0.2) is 30.6 Å². The number of carbonyl (C=O) groups is 3. The third-order valence-corrected chi connectivity index (χ3v) is 3.55. The molecule has 0 saturated heterocycles. The zero-order valence-electron chi connectivity index (χ0n) is 13.0. The van der Waals surface area contributed by atoms with Crippen LogP contribution in [0.25, 0.3) is 11.4 Å². The van der Waals surface area contributed by atoms with E-state index in [1.165, 1.54) is 12.3 Å². The fourth-order valence-corrected chi connectivity index (χ4v) is 2.24. The normalized spacial score (nSPS) is 13.3. The summed E-state index contributed by atoms with van der Waals surface area (Å²) in [5.41, 5.74) is 0.963. The Labute approximate surface area is 133 Å². The van der Waals surface area contributed by atoms with Crippen LogP contribution in [0.4, 0.5) is 5.69 Å². The predicted molar refractivity (Wildman–Crippen MR) is 84.2 cm³/mol. The van der Waals surface area contributed by atoms with Crippen molar-refractivity contribution < 1.29 is 14.4 Å². The van der Waals surface area contributed by atoms with Crippen LogP contribution in [0.2, 0.25) is 0 Å². The second-order valence-electron chi connectivity index (χ2n) is 6.38. The van der Waals surface area contributed by atoms with Crippen LogP contribution in [0, 0.1) is 5.41 Å². The van der Waals surface area contributed by atoms with Gasteiger partial charge in [0.15, 0.2) is 0 Å². The molecule has 0 aromatic carbocycles. The first kappa shape index (κ1) is 15.0. The van der Waals surface area contributed by atoms with Crippen molar-refractivity contribution in [3.05, 3.63) is 41.7 Å². The number of rotatable bonds is 1. The summed E-state index contributed by atoms with van der Waals surface area (Å²) in [4.78, 5) is 44.9. The molecule has 116 valence electrons. The van der Waals surface area contributed by atoms with Gasteiger partial charge in [0.05, 0.1) is 23.0 Å². The SMILES string of the molecule is CC(C)(C)C(=O)Nc1cnc2c(c1)C(=O)C(=O)c1cccnc1-2. The molecule has 2 aromatic heterocycles. The minimum absolute atomic E-state index is 0.160. The van der Waals surface area contributed by atoms with E-state index in [0.717, 1.165) is 0 Å². The van der Waals surface area contributed by atoms with Gasteiger partial charge in [-0.2, -0.15) is 0 Å². The number of fused-ring (bicyclic) bond motifs is 3. The van der Waals surface area contributed by atoms with E-state index in [0.29, 0.717) is 17.1 Å². The fourth-order valence-electron chi connectivity index (χ4n) is 2.24. The van der Waals surface area contributed by atoms with Gasteiger partial charge in [0, 0.05) is 11.6 Å². The number of pyridine rings is 2. The Kier molecular flexibility index (Phi) is 3.32. The van der Waals surface area contributed by atoms with Crippen LogP contribution in [0.5, 0.6) is 0 Å². The number of ketones is 2. The number of hydrogen-bond donors (Lipinski definition) is 1. The second-order valence-corrected chi connectivity index (χ2v) is 6.38. The molecule has 23 heavy (non-hydrogen) atoms. The lowest BCUT2D eigenvalue weighted by molar-refractivity contribution is -0.123. The summed E-state index contributed by atoms with van der Waals surface area (Å²) >= 11 is 0. The lowest BCUT2D eigenvalue weighted by Crippen LogP contribution is -2.28. The van der Waals surface area contributed by atoms with Gasteiger partial charge in [-0.05, 0) is 18.2 Å². The van der Waals surface area contributed by atoms with Crippen LogP contribution in [-0.2, 0) is 4.79 Å². The quantitative estimate of drug-likeness (QED) is 0.818. The van der Waals surface area contributed by atoms with Crippen LogP contribution >= 0.6 is 0 Å². The fraction of sp³-hybridized carbons (Fsp3) is 0.235. The van der Waals surface area contributed by atoms with Gasteiger partial charge in [0.25, 0.3) is 0 Å². The molecule has 2 aromatic rings. The minimum Gasteiger partial charge on any atom is -0.324 e. The molecule has 0 radical (unpaired) electrons. The Morgan fingerprint density at radius 1 is 1.04 bits per heavy atom. The number of nitrogens with one attached hydrogen (secondary N) is 1. The predicted octanol–water partition coefficient (Wildman–Crippen LogP) is 2.51. The van der Waals surface area contributed by atoms with Gasteiger partial charge >= 0.3 is 0 Å². The van der Waals surface area contributed by atoms with Crippen LogP contribution in [-0.4, -0.2) is 27.4 Å². The zero-order valence-corrected chi connectivity index (χ0v) is 13.0. The number of hydrogen-bond acceptors (Lipinski definition) is 5. The molecule has 1 aliphatic carbocycles. The average Bonchev–Trinajstić information content (AvgIpc) is 2.51. The first-order chi connectivity index (χ1) is 10.8. The largest absolute Gasteiger partial charge is 0.324 e. The van der Waals surface area contributed by atoms with Crippen molar-refractivity contribution >= 4 is 23.2 Å². The van der Waals surface area contributed by atoms with Crippen molar-refractivity contribution in [2.45, 2.75) is 20.8 Å². The standard InChI is InChI=1S/C17H15N3O3/c1-17(2,3)16(23)20-9-7-11-13(19-8-9)12-10(5-4-6-18-12)14(21)15(11)22/h4-8H,1-3H3,(H,20,23). The maximum absolute atomic E-state index is 12.3. The van der Waals surface area contributed by atoms with Gasteiger partial charge in [-0.15, -0.1) is 0 Å². The van der Waals surface area contributed by atoms with Crippen molar-refractivity contribution in [1.82, 2.24) is 9.97 Å². The number of Topliss-reactive ketones (excluding diaryl/α,β-unsaturated/α-hetero) is 2. The van der Waals surface area contributed by atoms with Crippen molar-refractivity contribution in [3.63, 3.8) is 0 Å². The van der Waals surface area contributed by atoms with E-state index in [2.05, 4.69) is 15.3 Å². The highest BCUT2D eigenvalue weighted by Gasteiger charge is 2.32. The maximum Gasteiger partial charge on any atom is 0.235 e. The molecule has 3 rings (SSSR count). The van der Waals surface area contributed by atoms with Gasteiger partial charge in [0.1, 0.15) is 11.4 Å². The third-order valence-electron chi connectivity index (χ3n) is 3.55. The Morgan fingerprint density at radius 2 is 1.70 bits per heavy atom. The van der Waals surface area contributed by atoms with E-state index in [1.54, 1.807) is 39.1 Å². The molecule has 6 heteroatoms. The number of aromatic nitrogens is 2. The van der Waals surface area contributed by atoms with Crippen molar-refractivity contribution in [1.29, 1.82) is 0 Å². The molecule has 6 nitrogen and oxygen atoms in total. The highest BCUT2D eigenvalue weighted by Crippen LogP contribution is 2.31. The summed E-state index contributed by atoms with van der Waals surface area (Å²) in [7, 11) is 0. The summed E-state index contributed by atoms with van der Waals surface area (Å²) in [6.45, 7) is 5.34. The molecule has 0 bridgehead atoms. The van der Waals surface area contributed by atoms with E-state index in [9.17, 15) is 14.4 Å². The maximum atomic E-state index is 12.3. The Morgan fingerprint density at radius 3 is 2.39 bits per heavy atom. The second kappa shape index (κ2) is 5.08. The van der Waals surface area contributed by atoms with Crippen LogP contribution in [0.3, 0.4) is 0 Å². The molecular formula is C17H15N3O3. The van der Waals surface area contributed by atoms with E-state index < -0.39 is 17.0 Å². The highest BCUT2D eigenvalue weighted by atomic mass is 16.2. The lowest BCUT2D eigenvalue weighted by atomic mass is 9.90. The number of carbonyl (C=O) groups excluding carboxylic acids is 3. The number of anilines is 1. The summed E-state index contributed by atoms with van der Waals surface area (Å²) < 4.78 is 0. The van der Waals surface area contributed by atoms with Crippen LogP contribution in [0.1, 0.15) is 41.5 Å². The number of amides is 1. The number of nitrogens with zero attached hydrogens (tertiary/aromatic N) is 2. The smallest absolute Gasteiger partial charge is 0.235 e. The van der Waals surface area contributed by atoms with Crippen molar-refractivity contribution in [2.75, 3.05) is 5.32 Å². The van der Waals surface area contributed by atoms with E-state index >= 15 is 0 Å². The third kappa shape index (κ3) is 2.52. The van der Waals surface area contributed by atoms with Gasteiger partial charge in [0.2, 0.25) is 17.5 Å². The Bertz CT molecular complexity index is 850. The molecule has 1 aliphatic rings. The highest BCUT2D eigenvalue weighted by molar-refractivity contribution is 6.52. The monoisotopic (exact) mass is 309 g/mol. The van der Waals surface area contributed by atoms with Crippen molar-refractivity contribution in [3.8, 4) is 11.4 Å². The summed E-state index contributed by atoms with van der Waals surface area (Å²) in [6.07, 6.45) is 3.01. The molecule has 0 unspecified atom stereocenters. The molecule has 0 saturated carbocycles. The van der Waals surface area contributed by atoms with Gasteiger partial charge in [-0.25, -0.2) is 0 Å². The van der Waals surface area contributed by atoms with Crippen LogP contribution < -0.4 is 5.32 Å². The lowest BCUT2D eigenvalue weighted by Gasteiger charge is -2.19. The molecule has 0 aliphatic heterocycles. The Balaban J connectivity index is 2.06. The van der Waals surface area contributed by atoms with Gasteiger partial charge in [-0.1, -0.05) is 20.8 Å². The summed E-state index contributed by atoms with van der Waals surface area (Å²) in [5.74, 6) is -1.45. The summed E-state index contributed by atoms with van der Waals surface area (Å²) in [6, 6.07) is 4.64. The minimum atomic E-state index is -0.639. The molecule has 1 N–H and O–H groups in total. The molecule has 0 fully saturated rings. The first-order valence-electron chi connectivity index (χ1n) is 7.15. The molecule has 1 amide bonds. The Hall–Kier alpha value is -2.89. The molecule has 2 heterocycles. The van der Waals surface area contributed by atoms with Gasteiger partial charge in [-0.3, -0.25) is 24.4 Å². The van der Waals surface area contributed by atoms with E-state index in [1.807, 2.05) is 0 Å². The summed E-state index contributed by atoms with van der Waals surface area (Å²) in [5, 5.41) is 2.71. The van der Waals surface area contributed by atoms with E-state index in [-0.39, 0.29) is 17.0 Å².